The van der Waals surface area contributed by atoms with Gasteiger partial charge in [-0.3, -0.25) is 0 Å². The lowest BCUT2D eigenvalue weighted by Gasteiger charge is -2.26. The van der Waals surface area contributed by atoms with Gasteiger partial charge in [0.2, 0.25) is 0 Å². The summed E-state index contributed by atoms with van der Waals surface area (Å²) in [6.45, 7) is 6.35. The average Bonchev–Trinajstić information content (AvgIpc) is 2.34. The van der Waals surface area contributed by atoms with Crippen LogP contribution in [0.3, 0.4) is 0 Å². The van der Waals surface area contributed by atoms with Crippen molar-refractivity contribution in [1.29, 1.82) is 0 Å². The van der Waals surface area contributed by atoms with Crippen molar-refractivity contribution in [2.24, 2.45) is 5.73 Å². The van der Waals surface area contributed by atoms with Crippen LogP contribution in [-0.2, 0) is 4.74 Å². The fourth-order valence-corrected chi connectivity index (χ4v) is 2.18. The Kier molecular flexibility index (Phi) is 8.77. The maximum atomic E-state index is 5.64. The molecule has 1 fully saturated rings. The van der Waals surface area contributed by atoms with Crippen molar-refractivity contribution in [3.63, 3.8) is 0 Å². The number of rotatable bonds is 9. The predicted molar refractivity (Wildman–Crippen MR) is 68.6 cm³/mol. The van der Waals surface area contributed by atoms with E-state index in [2.05, 4.69) is 4.90 Å². The van der Waals surface area contributed by atoms with Crippen LogP contribution in [0.15, 0.2) is 0 Å². The molecule has 96 valence electrons. The van der Waals surface area contributed by atoms with Gasteiger partial charge < -0.3 is 15.4 Å². The van der Waals surface area contributed by atoms with E-state index in [9.17, 15) is 0 Å². The molecule has 0 atom stereocenters. The number of likely N-dealkylation sites (tertiary alicyclic amines) is 1. The standard InChI is InChI=1S/C13H28N2O/c14-8-4-1-2-7-12-16-13-11-15-9-5-3-6-10-15/h1-14H2. The molecule has 0 unspecified atom stereocenters. The summed E-state index contributed by atoms with van der Waals surface area (Å²) in [6, 6.07) is 0. The molecule has 0 aromatic heterocycles. The summed E-state index contributed by atoms with van der Waals surface area (Å²) in [6.07, 6.45) is 9.04. The van der Waals surface area contributed by atoms with Gasteiger partial charge in [-0.1, -0.05) is 19.3 Å². The minimum atomic E-state index is 0.829. The summed E-state index contributed by atoms with van der Waals surface area (Å²) >= 11 is 0. The lowest BCUT2D eigenvalue weighted by Crippen LogP contribution is -2.32. The van der Waals surface area contributed by atoms with E-state index in [0.29, 0.717) is 0 Å². The average molecular weight is 228 g/mol. The second-order valence-electron chi connectivity index (χ2n) is 4.72. The van der Waals surface area contributed by atoms with Crippen molar-refractivity contribution in [3.8, 4) is 0 Å². The highest BCUT2D eigenvalue weighted by Gasteiger charge is 2.08. The number of piperidine rings is 1. The summed E-state index contributed by atoms with van der Waals surface area (Å²) in [7, 11) is 0. The highest BCUT2D eigenvalue weighted by molar-refractivity contribution is 4.63. The van der Waals surface area contributed by atoms with Gasteiger partial charge in [-0.15, -0.1) is 0 Å². The van der Waals surface area contributed by atoms with E-state index in [-0.39, 0.29) is 0 Å². The lowest BCUT2D eigenvalue weighted by molar-refractivity contribution is 0.0938. The molecule has 1 aliphatic rings. The zero-order chi connectivity index (χ0) is 11.5. The number of nitrogens with zero attached hydrogens (tertiary/aromatic N) is 1. The molecule has 1 heterocycles. The second-order valence-corrected chi connectivity index (χ2v) is 4.72. The topological polar surface area (TPSA) is 38.5 Å². The number of ether oxygens (including phenoxy) is 1. The highest BCUT2D eigenvalue weighted by Crippen LogP contribution is 2.07. The van der Waals surface area contributed by atoms with Crippen LogP contribution in [0.2, 0.25) is 0 Å². The fraction of sp³-hybridized carbons (Fsp3) is 1.00. The van der Waals surface area contributed by atoms with Crippen LogP contribution in [-0.4, -0.2) is 44.3 Å². The molecule has 1 rings (SSSR count). The van der Waals surface area contributed by atoms with Crippen molar-refractivity contribution in [1.82, 2.24) is 4.90 Å². The molecule has 1 saturated heterocycles. The number of hydrogen-bond donors (Lipinski definition) is 1. The number of unbranched alkanes of at least 4 members (excludes halogenated alkanes) is 3. The van der Waals surface area contributed by atoms with Crippen LogP contribution in [0.4, 0.5) is 0 Å². The van der Waals surface area contributed by atoms with E-state index < -0.39 is 0 Å². The normalized spacial score (nSPS) is 17.8. The first-order valence-corrected chi connectivity index (χ1v) is 6.93. The second kappa shape index (κ2) is 10.1. The molecule has 0 bridgehead atoms. The first-order chi connectivity index (χ1) is 7.93. The Morgan fingerprint density at radius 1 is 0.875 bits per heavy atom. The first-order valence-electron chi connectivity index (χ1n) is 6.93. The van der Waals surface area contributed by atoms with Crippen LogP contribution < -0.4 is 5.73 Å². The van der Waals surface area contributed by atoms with Crippen LogP contribution >= 0.6 is 0 Å². The van der Waals surface area contributed by atoms with Gasteiger partial charge in [0.15, 0.2) is 0 Å². The predicted octanol–water partition coefficient (Wildman–Crippen LogP) is 2.01. The molecule has 0 spiro atoms. The smallest absolute Gasteiger partial charge is 0.0593 e. The van der Waals surface area contributed by atoms with E-state index in [0.717, 1.165) is 32.7 Å². The van der Waals surface area contributed by atoms with Crippen molar-refractivity contribution < 1.29 is 4.74 Å². The van der Waals surface area contributed by atoms with E-state index >= 15 is 0 Å². The molecule has 3 nitrogen and oxygen atoms in total. The van der Waals surface area contributed by atoms with Gasteiger partial charge in [-0.05, 0) is 45.3 Å². The molecule has 3 heteroatoms. The van der Waals surface area contributed by atoms with Gasteiger partial charge in [0.1, 0.15) is 0 Å². The van der Waals surface area contributed by atoms with Crippen LogP contribution in [0.5, 0.6) is 0 Å². The Bertz CT molecular complexity index is 147. The zero-order valence-electron chi connectivity index (χ0n) is 10.6. The summed E-state index contributed by atoms with van der Waals surface area (Å²) < 4.78 is 5.64. The molecule has 0 amide bonds. The number of hydrogen-bond acceptors (Lipinski definition) is 3. The van der Waals surface area contributed by atoms with Crippen molar-refractivity contribution in [2.75, 3.05) is 39.4 Å². The zero-order valence-corrected chi connectivity index (χ0v) is 10.6. The van der Waals surface area contributed by atoms with Crippen molar-refractivity contribution in [2.45, 2.75) is 44.9 Å². The molecule has 0 radical (unpaired) electrons. The Labute approximate surface area is 100 Å². The molecule has 0 saturated carbocycles. The maximum absolute atomic E-state index is 5.64. The molecule has 0 aromatic carbocycles. The Morgan fingerprint density at radius 2 is 1.62 bits per heavy atom. The largest absolute Gasteiger partial charge is 0.380 e. The molecular formula is C13H28N2O. The summed E-state index contributed by atoms with van der Waals surface area (Å²) in [4.78, 5) is 2.53. The quantitative estimate of drug-likeness (QED) is 0.614. The van der Waals surface area contributed by atoms with E-state index in [4.69, 9.17) is 10.5 Å². The van der Waals surface area contributed by atoms with Crippen LogP contribution in [0.25, 0.3) is 0 Å². The molecular weight excluding hydrogens is 200 g/mol. The van der Waals surface area contributed by atoms with Crippen molar-refractivity contribution in [3.05, 3.63) is 0 Å². The minimum absolute atomic E-state index is 0.829. The SMILES string of the molecule is NCCCCCCOCCN1CCCCC1. The lowest BCUT2D eigenvalue weighted by atomic mass is 10.1. The van der Waals surface area contributed by atoms with E-state index in [1.54, 1.807) is 0 Å². The van der Waals surface area contributed by atoms with Gasteiger partial charge >= 0.3 is 0 Å². The van der Waals surface area contributed by atoms with Gasteiger partial charge in [-0.25, -0.2) is 0 Å². The molecule has 2 N–H and O–H groups in total. The van der Waals surface area contributed by atoms with Crippen LogP contribution in [0, 0.1) is 0 Å². The van der Waals surface area contributed by atoms with E-state index in [1.807, 2.05) is 0 Å². The molecule has 0 aromatic rings. The highest BCUT2D eigenvalue weighted by atomic mass is 16.5. The van der Waals surface area contributed by atoms with Crippen molar-refractivity contribution >= 4 is 0 Å². The van der Waals surface area contributed by atoms with Crippen LogP contribution in [0.1, 0.15) is 44.9 Å². The van der Waals surface area contributed by atoms with Gasteiger partial charge in [0, 0.05) is 13.2 Å². The summed E-state index contributed by atoms with van der Waals surface area (Å²) in [5.74, 6) is 0. The fourth-order valence-electron chi connectivity index (χ4n) is 2.18. The molecule has 0 aliphatic carbocycles. The minimum Gasteiger partial charge on any atom is -0.380 e. The van der Waals surface area contributed by atoms with Gasteiger partial charge in [0.25, 0.3) is 0 Å². The third-order valence-electron chi connectivity index (χ3n) is 3.24. The first kappa shape index (κ1) is 13.9. The molecule has 1 aliphatic heterocycles. The van der Waals surface area contributed by atoms with Gasteiger partial charge in [-0.2, -0.15) is 0 Å². The Balaban J connectivity index is 1.77. The number of nitrogens with two attached hydrogens (primary N) is 1. The monoisotopic (exact) mass is 228 g/mol. The van der Waals surface area contributed by atoms with Gasteiger partial charge in [0.05, 0.1) is 6.61 Å². The Morgan fingerprint density at radius 3 is 2.38 bits per heavy atom. The molecule has 16 heavy (non-hydrogen) atoms. The summed E-state index contributed by atoms with van der Waals surface area (Å²) in [5, 5.41) is 0. The summed E-state index contributed by atoms with van der Waals surface area (Å²) in [5.41, 5.74) is 5.44. The third kappa shape index (κ3) is 7.20. The Hall–Kier alpha value is -0.120. The maximum Gasteiger partial charge on any atom is 0.0593 e. The van der Waals surface area contributed by atoms with E-state index in [1.165, 1.54) is 51.6 Å². The third-order valence-corrected chi connectivity index (χ3v) is 3.24.